The third-order valence-corrected chi connectivity index (χ3v) is 9.04. The third-order valence-electron chi connectivity index (χ3n) is 6.20. The summed E-state index contributed by atoms with van der Waals surface area (Å²) in [5, 5.41) is 1.24. The summed E-state index contributed by atoms with van der Waals surface area (Å²) in [5.41, 5.74) is 2.59. The summed E-state index contributed by atoms with van der Waals surface area (Å²) < 4.78 is 86.8. The molecule has 0 aliphatic carbocycles. The van der Waals surface area contributed by atoms with E-state index in [0.29, 0.717) is 34.2 Å². The van der Waals surface area contributed by atoms with Gasteiger partial charge in [0.1, 0.15) is 12.4 Å². The van der Waals surface area contributed by atoms with Crippen LogP contribution in [0.25, 0.3) is 0 Å². The van der Waals surface area contributed by atoms with Crippen molar-refractivity contribution >= 4 is 40.4 Å². The van der Waals surface area contributed by atoms with Crippen LogP contribution in [0, 0.1) is 0 Å². The van der Waals surface area contributed by atoms with Crippen LogP contribution in [-0.2, 0) is 25.3 Å². The quantitative estimate of drug-likeness (QED) is 0.127. The van der Waals surface area contributed by atoms with Crippen LogP contribution >= 0.6 is 30.6 Å². The lowest BCUT2D eigenvalue weighted by molar-refractivity contribution is -0.116. The minimum absolute atomic E-state index is 0.00856. The summed E-state index contributed by atoms with van der Waals surface area (Å²) in [6.45, 7) is 2.16. The highest BCUT2D eigenvalue weighted by Crippen LogP contribution is 2.44. The molecule has 3 rings (SSSR count). The van der Waals surface area contributed by atoms with E-state index in [4.69, 9.17) is 27.9 Å². The van der Waals surface area contributed by atoms with E-state index in [1.807, 2.05) is 48.5 Å². The highest BCUT2D eigenvalue weighted by molar-refractivity contribution is 7.91. The standard InChI is InChI=1S/C30H32Cl2F3O5PS/c1-41(2,36)40-29(30(33,34)35)18-7-22-5-16-27(17-6-22)39-19-21-42(37,38)20-3-4-28(23-8-12-25(31)13-9-23)24-10-14-26(32)15-11-24/h5-6,8-18,28H,3-4,7,19-21H2,1-2H3/b29-18-. The number of ether oxygens (including phenoxy) is 1. The van der Waals surface area contributed by atoms with Crippen molar-refractivity contribution in [2.75, 3.05) is 31.4 Å². The number of hydrogen-bond acceptors (Lipinski definition) is 5. The van der Waals surface area contributed by atoms with Gasteiger partial charge in [0, 0.05) is 29.3 Å². The molecule has 0 radical (unpaired) electrons. The van der Waals surface area contributed by atoms with E-state index in [9.17, 15) is 26.2 Å². The number of sulfone groups is 1. The number of allylic oxidation sites excluding steroid dienone is 2. The molecule has 0 amide bonds. The fraction of sp³-hybridized carbons (Fsp3) is 0.333. The number of halogens is 5. The molecule has 0 aliphatic rings. The maximum atomic E-state index is 13.2. The first-order valence-corrected chi connectivity index (χ1v) is 18.2. The van der Waals surface area contributed by atoms with Crippen molar-refractivity contribution in [3.05, 3.63) is 111 Å². The Hall–Kier alpha value is -2.45. The summed E-state index contributed by atoms with van der Waals surface area (Å²) in [6.07, 6.45) is -2.98. The Labute approximate surface area is 255 Å². The van der Waals surface area contributed by atoms with Crippen LogP contribution in [0.1, 0.15) is 35.4 Å². The zero-order valence-electron chi connectivity index (χ0n) is 23.1. The Bertz CT molecular complexity index is 1440. The van der Waals surface area contributed by atoms with Gasteiger partial charge in [-0.15, -0.1) is 0 Å². The van der Waals surface area contributed by atoms with Gasteiger partial charge in [0.25, 0.3) is 0 Å². The SMILES string of the molecule is CP(C)(=O)O/C(=C\Cc1ccc(OCCS(=O)(=O)CCCC(c2ccc(Cl)cc2)c2ccc(Cl)cc2)cc1)C(F)(F)F. The van der Waals surface area contributed by atoms with Gasteiger partial charge < -0.3 is 9.26 Å². The van der Waals surface area contributed by atoms with Crippen molar-refractivity contribution in [3.8, 4) is 5.75 Å². The van der Waals surface area contributed by atoms with Gasteiger partial charge in [-0.2, -0.15) is 13.2 Å². The van der Waals surface area contributed by atoms with Crippen LogP contribution < -0.4 is 4.74 Å². The molecular formula is C30H32Cl2F3O5PS. The molecule has 0 fully saturated rings. The minimum atomic E-state index is -4.76. The minimum Gasteiger partial charge on any atom is -0.493 e. The molecule has 228 valence electrons. The summed E-state index contributed by atoms with van der Waals surface area (Å²) in [7, 11) is -6.78. The second-order valence-electron chi connectivity index (χ2n) is 10.1. The van der Waals surface area contributed by atoms with Gasteiger partial charge in [-0.3, -0.25) is 4.57 Å². The summed E-state index contributed by atoms with van der Waals surface area (Å²) in [5.74, 6) is -1.11. The van der Waals surface area contributed by atoms with Crippen LogP contribution in [0.3, 0.4) is 0 Å². The predicted molar refractivity (Wildman–Crippen MR) is 163 cm³/mol. The van der Waals surface area contributed by atoms with Gasteiger partial charge >= 0.3 is 6.18 Å². The summed E-state index contributed by atoms with van der Waals surface area (Å²) in [4.78, 5) is 0. The average molecular weight is 664 g/mol. The van der Waals surface area contributed by atoms with E-state index < -0.39 is 29.1 Å². The molecule has 0 bridgehead atoms. The van der Waals surface area contributed by atoms with Crippen molar-refractivity contribution in [2.45, 2.75) is 31.4 Å². The van der Waals surface area contributed by atoms with E-state index in [1.54, 1.807) is 24.3 Å². The fourth-order valence-corrected chi connectivity index (χ4v) is 6.24. The van der Waals surface area contributed by atoms with Crippen molar-refractivity contribution in [1.82, 2.24) is 0 Å². The van der Waals surface area contributed by atoms with Gasteiger partial charge in [0.15, 0.2) is 9.84 Å². The van der Waals surface area contributed by atoms with Crippen molar-refractivity contribution in [1.29, 1.82) is 0 Å². The van der Waals surface area contributed by atoms with E-state index in [0.717, 1.165) is 30.5 Å². The number of alkyl halides is 3. The number of hydrogen-bond donors (Lipinski definition) is 0. The van der Waals surface area contributed by atoms with Crippen molar-refractivity contribution in [2.24, 2.45) is 0 Å². The summed E-state index contributed by atoms with van der Waals surface area (Å²) >= 11 is 12.1. The molecule has 0 N–H and O–H groups in total. The van der Waals surface area contributed by atoms with E-state index in [-0.39, 0.29) is 30.5 Å². The van der Waals surface area contributed by atoms with E-state index in [2.05, 4.69) is 4.52 Å². The average Bonchev–Trinajstić information content (AvgIpc) is 2.90. The molecule has 0 aromatic heterocycles. The molecule has 0 heterocycles. The van der Waals surface area contributed by atoms with Crippen LogP contribution in [0.2, 0.25) is 10.0 Å². The molecule has 0 saturated carbocycles. The molecule has 3 aromatic carbocycles. The second-order valence-corrected chi connectivity index (χ2v) is 15.9. The number of benzene rings is 3. The Morgan fingerprint density at radius 3 is 1.88 bits per heavy atom. The first kappa shape index (κ1) is 34.0. The molecule has 5 nitrogen and oxygen atoms in total. The Kier molecular flexibility index (Phi) is 12.0. The molecule has 0 atom stereocenters. The predicted octanol–water partition coefficient (Wildman–Crippen LogP) is 8.94. The van der Waals surface area contributed by atoms with E-state index in [1.165, 1.54) is 0 Å². The Morgan fingerprint density at radius 2 is 1.40 bits per heavy atom. The lowest BCUT2D eigenvalue weighted by Gasteiger charge is -2.18. The maximum Gasteiger partial charge on any atom is 0.449 e. The summed E-state index contributed by atoms with van der Waals surface area (Å²) in [6, 6.07) is 21.2. The van der Waals surface area contributed by atoms with Gasteiger partial charge in [-0.05, 0) is 78.4 Å². The largest absolute Gasteiger partial charge is 0.493 e. The lowest BCUT2D eigenvalue weighted by atomic mass is 9.88. The third kappa shape index (κ3) is 11.7. The highest BCUT2D eigenvalue weighted by Gasteiger charge is 2.37. The Morgan fingerprint density at radius 1 is 0.881 bits per heavy atom. The molecule has 0 aliphatic heterocycles. The molecule has 0 unspecified atom stereocenters. The first-order chi connectivity index (χ1) is 19.6. The van der Waals surface area contributed by atoms with E-state index >= 15 is 0 Å². The molecule has 42 heavy (non-hydrogen) atoms. The zero-order chi connectivity index (χ0) is 31.0. The normalized spacial score (nSPS) is 12.9. The topological polar surface area (TPSA) is 69.7 Å². The molecule has 0 spiro atoms. The van der Waals surface area contributed by atoms with Crippen molar-refractivity contribution < 1.29 is 35.4 Å². The molecule has 3 aromatic rings. The Balaban J connectivity index is 1.52. The zero-order valence-corrected chi connectivity index (χ0v) is 26.3. The monoisotopic (exact) mass is 662 g/mol. The van der Waals surface area contributed by atoms with Gasteiger partial charge in [0.2, 0.25) is 13.1 Å². The molecule has 0 saturated heterocycles. The van der Waals surface area contributed by atoms with Gasteiger partial charge in [-0.25, -0.2) is 8.42 Å². The fourth-order valence-electron chi connectivity index (χ4n) is 4.19. The van der Waals surface area contributed by atoms with Crippen LogP contribution in [0.5, 0.6) is 5.75 Å². The second kappa shape index (κ2) is 14.8. The maximum absolute atomic E-state index is 13.2. The highest BCUT2D eigenvalue weighted by atomic mass is 35.5. The molecule has 12 heteroatoms. The number of rotatable bonds is 14. The van der Waals surface area contributed by atoms with Crippen molar-refractivity contribution in [3.63, 3.8) is 0 Å². The lowest BCUT2D eigenvalue weighted by Crippen LogP contribution is -2.18. The van der Waals surface area contributed by atoms with Gasteiger partial charge in [0.05, 0.1) is 11.5 Å². The van der Waals surface area contributed by atoms with Crippen LogP contribution in [0.4, 0.5) is 13.2 Å². The molecular weight excluding hydrogens is 631 g/mol. The van der Waals surface area contributed by atoms with Crippen LogP contribution in [0.15, 0.2) is 84.6 Å². The smallest absolute Gasteiger partial charge is 0.449 e. The first-order valence-electron chi connectivity index (χ1n) is 13.1. The van der Waals surface area contributed by atoms with Gasteiger partial charge in [-0.1, -0.05) is 59.6 Å². The van der Waals surface area contributed by atoms with Crippen LogP contribution in [-0.4, -0.2) is 46.0 Å².